The van der Waals surface area contributed by atoms with Crippen molar-refractivity contribution in [3.8, 4) is 10.6 Å². The molecule has 1 amide bonds. The molecule has 178 valence electrons. The molecule has 0 fully saturated rings. The van der Waals surface area contributed by atoms with E-state index < -0.39 is 5.91 Å². The van der Waals surface area contributed by atoms with Gasteiger partial charge in [0.25, 0.3) is 5.91 Å². The molecule has 0 saturated carbocycles. The molecule has 0 atom stereocenters. The van der Waals surface area contributed by atoms with Crippen molar-refractivity contribution >= 4 is 44.5 Å². The minimum Gasteiger partial charge on any atom is -0.510 e. The Morgan fingerprint density at radius 3 is 2.43 bits per heavy atom. The Labute approximate surface area is 208 Å². The van der Waals surface area contributed by atoms with E-state index in [1.165, 1.54) is 6.92 Å². The number of carbonyl (C=O) groups excluding carboxylic acids is 1. The second kappa shape index (κ2) is 10.1. The molecule has 0 aliphatic rings. The number of anilines is 2. The molecule has 8 heteroatoms. The van der Waals surface area contributed by atoms with Gasteiger partial charge in [-0.25, -0.2) is 4.98 Å². The number of aryl methyl sites for hydroxylation is 2. The summed E-state index contributed by atoms with van der Waals surface area (Å²) in [5.41, 5.74) is 6.14. The van der Waals surface area contributed by atoms with Gasteiger partial charge in [-0.2, -0.15) is 5.11 Å². The number of benzene rings is 3. The Hall–Kier alpha value is -4.04. The number of amides is 1. The van der Waals surface area contributed by atoms with Crippen molar-refractivity contribution in [3.63, 3.8) is 0 Å². The van der Waals surface area contributed by atoms with Crippen molar-refractivity contribution in [3.05, 3.63) is 83.2 Å². The SMILES string of the molecule is C/C(O)=C(\N=Nc1ccc2nc(-c3ccc(N(C)C)cc3)sc2c1)C(=O)Nc1ccc(C)cc1C. The van der Waals surface area contributed by atoms with E-state index >= 15 is 0 Å². The number of hydrogen-bond acceptors (Lipinski definition) is 7. The fourth-order valence-corrected chi connectivity index (χ4v) is 4.53. The minimum atomic E-state index is -0.525. The van der Waals surface area contributed by atoms with Gasteiger partial charge in [0.1, 0.15) is 10.8 Å². The normalized spacial score (nSPS) is 12.1. The summed E-state index contributed by atoms with van der Waals surface area (Å²) in [7, 11) is 4.02. The van der Waals surface area contributed by atoms with Crippen molar-refractivity contribution in [1.29, 1.82) is 0 Å². The molecule has 2 N–H and O–H groups in total. The topological polar surface area (TPSA) is 90.2 Å². The lowest BCUT2D eigenvalue weighted by molar-refractivity contribution is -0.113. The summed E-state index contributed by atoms with van der Waals surface area (Å²) in [5, 5.41) is 22.0. The van der Waals surface area contributed by atoms with Crippen molar-refractivity contribution in [2.45, 2.75) is 20.8 Å². The second-order valence-corrected chi connectivity index (χ2v) is 9.55. The lowest BCUT2D eigenvalue weighted by Crippen LogP contribution is -2.15. The Kier molecular flexibility index (Phi) is 6.93. The molecule has 4 rings (SSSR count). The first kappa shape index (κ1) is 24.1. The van der Waals surface area contributed by atoms with E-state index in [1.807, 2.05) is 58.3 Å². The molecular formula is C27H27N5O2S. The van der Waals surface area contributed by atoms with Crippen LogP contribution in [0, 0.1) is 13.8 Å². The predicted molar refractivity (Wildman–Crippen MR) is 144 cm³/mol. The number of thiazole rings is 1. The number of rotatable bonds is 6. The maximum absolute atomic E-state index is 12.8. The highest BCUT2D eigenvalue weighted by atomic mass is 32.1. The van der Waals surface area contributed by atoms with Crippen LogP contribution in [0.3, 0.4) is 0 Å². The van der Waals surface area contributed by atoms with Gasteiger partial charge in [0.05, 0.1) is 15.9 Å². The van der Waals surface area contributed by atoms with Crippen molar-refractivity contribution in [2.75, 3.05) is 24.3 Å². The van der Waals surface area contributed by atoms with Crippen LogP contribution in [0.4, 0.5) is 17.1 Å². The van der Waals surface area contributed by atoms with E-state index in [2.05, 4.69) is 44.7 Å². The average Bonchev–Trinajstić information content (AvgIpc) is 3.24. The van der Waals surface area contributed by atoms with Crippen molar-refractivity contribution < 1.29 is 9.90 Å². The number of hydrogen-bond donors (Lipinski definition) is 2. The second-order valence-electron chi connectivity index (χ2n) is 8.52. The summed E-state index contributed by atoms with van der Waals surface area (Å²) in [6.45, 7) is 5.31. The third-order valence-corrected chi connectivity index (χ3v) is 6.52. The maximum Gasteiger partial charge on any atom is 0.279 e. The first-order valence-electron chi connectivity index (χ1n) is 11.1. The molecule has 0 unspecified atom stereocenters. The van der Waals surface area contributed by atoms with Gasteiger partial charge in [-0.1, -0.05) is 17.7 Å². The van der Waals surface area contributed by atoms with E-state index in [0.717, 1.165) is 37.6 Å². The summed E-state index contributed by atoms with van der Waals surface area (Å²) < 4.78 is 0.958. The van der Waals surface area contributed by atoms with Gasteiger partial charge in [-0.05, 0) is 74.9 Å². The monoisotopic (exact) mass is 485 g/mol. The molecule has 1 heterocycles. The Morgan fingerprint density at radius 2 is 1.77 bits per heavy atom. The Bertz CT molecular complexity index is 1450. The van der Waals surface area contributed by atoms with Crippen molar-refractivity contribution in [2.24, 2.45) is 10.2 Å². The number of fused-ring (bicyclic) bond motifs is 1. The van der Waals surface area contributed by atoms with Crippen LogP contribution in [0.5, 0.6) is 0 Å². The third-order valence-electron chi connectivity index (χ3n) is 5.46. The average molecular weight is 486 g/mol. The van der Waals surface area contributed by atoms with Gasteiger partial charge in [-0.3, -0.25) is 4.79 Å². The standard InChI is InChI=1S/C27H27N5O2S/c1-16-6-12-22(17(2)14-16)28-26(34)25(18(3)33)31-30-20-9-13-23-24(15-20)35-27(29-23)19-7-10-21(11-8-19)32(4)5/h6-15,33H,1-5H3,(H,28,34)/b25-18+,31-30?. The van der Waals surface area contributed by atoms with E-state index in [1.54, 1.807) is 17.4 Å². The summed E-state index contributed by atoms with van der Waals surface area (Å²) in [4.78, 5) is 19.5. The molecule has 1 aromatic heterocycles. The van der Waals surface area contributed by atoms with Crippen molar-refractivity contribution in [1.82, 2.24) is 4.98 Å². The number of aliphatic hydroxyl groups excluding tert-OH is 1. The molecule has 4 aromatic rings. The summed E-state index contributed by atoms with van der Waals surface area (Å²) in [6.07, 6.45) is 0. The lowest BCUT2D eigenvalue weighted by atomic mass is 10.1. The van der Waals surface area contributed by atoms with E-state index in [9.17, 15) is 9.90 Å². The number of nitrogens with one attached hydrogen (secondary N) is 1. The van der Waals surface area contributed by atoms with Crippen LogP contribution in [-0.4, -0.2) is 30.1 Å². The summed E-state index contributed by atoms with van der Waals surface area (Å²) in [6, 6.07) is 19.5. The minimum absolute atomic E-state index is 0.143. The first-order valence-corrected chi connectivity index (χ1v) is 11.9. The first-order chi connectivity index (χ1) is 16.7. The fraction of sp³-hybridized carbons (Fsp3) is 0.185. The third kappa shape index (κ3) is 5.55. The molecule has 0 radical (unpaired) electrons. The highest BCUT2D eigenvalue weighted by Gasteiger charge is 2.15. The summed E-state index contributed by atoms with van der Waals surface area (Å²) >= 11 is 1.56. The number of aromatic nitrogens is 1. The molecule has 0 spiro atoms. The predicted octanol–water partition coefficient (Wildman–Crippen LogP) is 7.16. The van der Waals surface area contributed by atoms with Crippen LogP contribution in [0.2, 0.25) is 0 Å². The maximum atomic E-state index is 12.8. The van der Waals surface area contributed by atoms with E-state index in [0.29, 0.717) is 11.4 Å². The quantitative estimate of drug-likeness (QED) is 0.172. The van der Waals surface area contributed by atoms with Crippen LogP contribution in [0.25, 0.3) is 20.8 Å². The molecule has 0 bridgehead atoms. The zero-order valence-electron chi connectivity index (χ0n) is 20.3. The van der Waals surface area contributed by atoms with Crippen LogP contribution in [0.15, 0.2) is 82.3 Å². The zero-order chi connectivity index (χ0) is 25.1. The number of carbonyl (C=O) groups is 1. The van der Waals surface area contributed by atoms with Crippen LogP contribution >= 0.6 is 11.3 Å². The van der Waals surface area contributed by atoms with Gasteiger partial charge < -0.3 is 15.3 Å². The van der Waals surface area contributed by atoms with Gasteiger partial charge in [-0.15, -0.1) is 16.5 Å². The molecule has 0 aliphatic carbocycles. The Morgan fingerprint density at radius 1 is 1.03 bits per heavy atom. The smallest absolute Gasteiger partial charge is 0.279 e. The summed E-state index contributed by atoms with van der Waals surface area (Å²) in [5.74, 6) is -0.735. The number of aliphatic hydroxyl groups is 1. The number of azo groups is 1. The van der Waals surface area contributed by atoms with E-state index in [4.69, 9.17) is 4.98 Å². The van der Waals surface area contributed by atoms with Gasteiger partial charge >= 0.3 is 0 Å². The van der Waals surface area contributed by atoms with Crippen LogP contribution < -0.4 is 10.2 Å². The van der Waals surface area contributed by atoms with E-state index in [-0.39, 0.29) is 11.5 Å². The highest BCUT2D eigenvalue weighted by Crippen LogP contribution is 2.33. The highest BCUT2D eigenvalue weighted by molar-refractivity contribution is 7.21. The number of allylic oxidation sites excluding steroid dienone is 1. The number of nitrogens with zero attached hydrogens (tertiary/aromatic N) is 4. The van der Waals surface area contributed by atoms with Crippen LogP contribution in [0.1, 0.15) is 18.1 Å². The molecular weight excluding hydrogens is 458 g/mol. The van der Waals surface area contributed by atoms with Crippen LogP contribution in [-0.2, 0) is 4.79 Å². The Balaban J connectivity index is 1.55. The molecule has 3 aromatic carbocycles. The molecule has 35 heavy (non-hydrogen) atoms. The largest absolute Gasteiger partial charge is 0.510 e. The lowest BCUT2D eigenvalue weighted by Gasteiger charge is -2.11. The zero-order valence-corrected chi connectivity index (χ0v) is 21.1. The fourth-order valence-electron chi connectivity index (χ4n) is 3.53. The molecule has 7 nitrogen and oxygen atoms in total. The molecule has 0 saturated heterocycles. The van der Waals surface area contributed by atoms with Gasteiger partial charge in [0.2, 0.25) is 0 Å². The van der Waals surface area contributed by atoms with Gasteiger partial charge in [0.15, 0.2) is 5.70 Å². The molecule has 0 aliphatic heterocycles. The van der Waals surface area contributed by atoms with Gasteiger partial charge in [0, 0.05) is 31.0 Å².